The van der Waals surface area contributed by atoms with Gasteiger partial charge in [0.15, 0.2) is 0 Å². The van der Waals surface area contributed by atoms with Crippen LogP contribution in [0.4, 0.5) is 9.18 Å². The van der Waals surface area contributed by atoms with E-state index in [-0.39, 0.29) is 11.9 Å². The Morgan fingerprint density at radius 2 is 1.90 bits per heavy atom. The van der Waals surface area contributed by atoms with E-state index in [0.717, 1.165) is 27.1 Å². The van der Waals surface area contributed by atoms with Crippen molar-refractivity contribution >= 4 is 28.8 Å². The Morgan fingerprint density at radius 1 is 1.17 bits per heavy atom. The van der Waals surface area contributed by atoms with Crippen molar-refractivity contribution in [3.63, 3.8) is 0 Å². The fourth-order valence-corrected chi connectivity index (χ4v) is 3.70. The number of hydrogen-bond donors (Lipinski definition) is 1. The molecule has 0 aliphatic rings. The molecule has 3 rings (SSSR count). The Kier molecular flexibility index (Phi) is 6.13. The van der Waals surface area contributed by atoms with Gasteiger partial charge in [-0.15, -0.1) is 11.8 Å². The van der Waals surface area contributed by atoms with E-state index in [2.05, 4.69) is 5.32 Å². The predicted molar refractivity (Wildman–Crippen MR) is 117 cm³/mol. The number of ether oxygens (including phenoxy) is 1. The number of rotatable bonds is 4. The highest BCUT2D eigenvalue weighted by Gasteiger charge is 2.22. The Hall–Kier alpha value is -2.60. The first-order chi connectivity index (χ1) is 13.7. The molecule has 0 radical (unpaired) electrons. The predicted octanol–water partition coefficient (Wildman–Crippen LogP) is 6.35. The van der Waals surface area contributed by atoms with Gasteiger partial charge in [-0.1, -0.05) is 18.2 Å². The van der Waals surface area contributed by atoms with Crippen molar-refractivity contribution in [3.05, 3.63) is 59.9 Å². The molecule has 1 heterocycles. The van der Waals surface area contributed by atoms with Crippen LogP contribution in [0.15, 0.2) is 53.4 Å². The fraction of sp³-hybridized carbons (Fsp3) is 0.304. The van der Waals surface area contributed by atoms with E-state index in [1.54, 1.807) is 17.8 Å². The summed E-state index contributed by atoms with van der Waals surface area (Å²) >= 11 is 1.61. The standard InChI is InChI=1S/C23H25FN2O2S/c1-14(25-22(27)28-23(2,3)4)18-12-15-10-11-16(24)13-19(15)26-21(18)17-8-6-7-9-20(17)29-5/h6-14H,1-5H3,(H,25,27)/t14-/m0/s1. The van der Waals surface area contributed by atoms with Crippen LogP contribution < -0.4 is 5.32 Å². The molecule has 0 aliphatic heterocycles. The quantitative estimate of drug-likeness (QED) is 0.507. The zero-order chi connectivity index (χ0) is 21.2. The van der Waals surface area contributed by atoms with Crippen LogP contribution in [0.2, 0.25) is 0 Å². The molecule has 6 heteroatoms. The Bertz CT molecular complexity index is 1050. The first kappa shape index (κ1) is 21.1. The van der Waals surface area contributed by atoms with Gasteiger partial charge in [0.2, 0.25) is 0 Å². The molecule has 29 heavy (non-hydrogen) atoms. The van der Waals surface area contributed by atoms with Crippen LogP contribution in [0.5, 0.6) is 0 Å². The van der Waals surface area contributed by atoms with Crippen LogP contribution in [0.3, 0.4) is 0 Å². The maximum Gasteiger partial charge on any atom is 0.408 e. The average molecular weight is 413 g/mol. The molecule has 1 amide bonds. The highest BCUT2D eigenvalue weighted by Crippen LogP contribution is 2.35. The fourth-order valence-electron chi connectivity index (χ4n) is 3.10. The number of nitrogens with one attached hydrogen (secondary N) is 1. The molecule has 1 N–H and O–H groups in total. The minimum atomic E-state index is -0.586. The zero-order valence-corrected chi connectivity index (χ0v) is 18.1. The summed E-state index contributed by atoms with van der Waals surface area (Å²) in [5, 5.41) is 3.70. The molecule has 1 aromatic heterocycles. The summed E-state index contributed by atoms with van der Waals surface area (Å²) in [7, 11) is 0. The summed E-state index contributed by atoms with van der Waals surface area (Å²) in [6, 6.07) is 14.1. The molecule has 0 unspecified atom stereocenters. The molecule has 0 fully saturated rings. The molecule has 0 aliphatic carbocycles. The van der Waals surface area contributed by atoms with Crippen LogP contribution in [0, 0.1) is 5.82 Å². The number of nitrogens with zero attached hydrogens (tertiary/aromatic N) is 1. The van der Waals surface area contributed by atoms with Crippen molar-refractivity contribution in [1.29, 1.82) is 0 Å². The summed E-state index contributed by atoms with van der Waals surface area (Å²) < 4.78 is 19.2. The van der Waals surface area contributed by atoms with E-state index in [1.165, 1.54) is 12.1 Å². The normalized spacial score (nSPS) is 12.6. The molecular formula is C23H25FN2O2S. The lowest BCUT2D eigenvalue weighted by Gasteiger charge is -2.23. The van der Waals surface area contributed by atoms with Gasteiger partial charge >= 0.3 is 6.09 Å². The highest BCUT2D eigenvalue weighted by molar-refractivity contribution is 7.98. The number of fused-ring (bicyclic) bond motifs is 1. The second kappa shape index (κ2) is 8.41. The van der Waals surface area contributed by atoms with Crippen molar-refractivity contribution in [1.82, 2.24) is 10.3 Å². The molecule has 152 valence electrons. The van der Waals surface area contributed by atoms with Gasteiger partial charge in [0, 0.05) is 27.5 Å². The van der Waals surface area contributed by atoms with Gasteiger partial charge in [-0.25, -0.2) is 14.2 Å². The summed E-state index contributed by atoms with van der Waals surface area (Å²) in [5.41, 5.74) is 2.49. The third-order valence-electron chi connectivity index (χ3n) is 4.37. The summed E-state index contributed by atoms with van der Waals surface area (Å²) in [5.74, 6) is -0.332. The summed E-state index contributed by atoms with van der Waals surface area (Å²) in [4.78, 5) is 18.1. The molecular weight excluding hydrogens is 387 g/mol. The largest absolute Gasteiger partial charge is 0.444 e. The molecule has 1 atom stereocenters. The smallest absolute Gasteiger partial charge is 0.408 e. The maximum absolute atomic E-state index is 13.8. The Morgan fingerprint density at radius 3 is 2.59 bits per heavy atom. The van der Waals surface area contributed by atoms with Gasteiger partial charge in [0.05, 0.1) is 17.3 Å². The van der Waals surface area contributed by atoms with E-state index in [4.69, 9.17) is 9.72 Å². The van der Waals surface area contributed by atoms with Gasteiger partial charge in [0.25, 0.3) is 0 Å². The molecule has 0 saturated heterocycles. The Labute approximate surface area is 174 Å². The molecule has 0 bridgehead atoms. The number of benzene rings is 2. The number of alkyl carbamates (subject to hydrolysis) is 1. The van der Waals surface area contributed by atoms with Gasteiger partial charge in [-0.2, -0.15) is 0 Å². The van der Waals surface area contributed by atoms with E-state index >= 15 is 0 Å². The van der Waals surface area contributed by atoms with Crippen molar-refractivity contribution in [2.24, 2.45) is 0 Å². The maximum atomic E-state index is 13.8. The SMILES string of the molecule is CSc1ccccc1-c1nc2cc(F)ccc2cc1[C@H](C)NC(=O)OC(C)(C)C. The van der Waals surface area contributed by atoms with Crippen LogP contribution in [-0.2, 0) is 4.74 Å². The third-order valence-corrected chi connectivity index (χ3v) is 5.17. The van der Waals surface area contributed by atoms with Crippen molar-refractivity contribution in [3.8, 4) is 11.3 Å². The lowest BCUT2D eigenvalue weighted by Crippen LogP contribution is -2.34. The lowest BCUT2D eigenvalue weighted by molar-refractivity contribution is 0.0508. The number of thioether (sulfide) groups is 1. The molecule has 0 spiro atoms. The van der Waals surface area contributed by atoms with Crippen LogP contribution in [0.1, 0.15) is 39.3 Å². The number of hydrogen-bond acceptors (Lipinski definition) is 4. The zero-order valence-electron chi connectivity index (χ0n) is 17.2. The van der Waals surface area contributed by atoms with E-state index < -0.39 is 11.7 Å². The highest BCUT2D eigenvalue weighted by atomic mass is 32.2. The summed E-state index contributed by atoms with van der Waals surface area (Å²) in [6.45, 7) is 7.36. The first-order valence-electron chi connectivity index (χ1n) is 9.41. The minimum Gasteiger partial charge on any atom is -0.444 e. The summed E-state index contributed by atoms with van der Waals surface area (Å²) in [6.07, 6.45) is 1.51. The number of halogens is 1. The first-order valence-corrected chi connectivity index (χ1v) is 10.6. The van der Waals surface area contributed by atoms with Gasteiger partial charge in [-0.05, 0) is 58.2 Å². The third kappa shape index (κ3) is 5.07. The molecule has 2 aromatic carbocycles. The van der Waals surface area contributed by atoms with E-state index in [9.17, 15) is 9.18 Å². The Balaban J connectivity index is 2.11. The van der Waals surface area contributed by atoms with Crippen molar-refractivity contribution in [2.45, 2.75) is 44.2 Å². The van der Waals surface area contributed by atoms with Crippen LogP contribution in [-0.4, -0.2) is 22.9 Å². The molecule has 4 nitrogen and oxygen atoms in total. The van der Waals surface area contributed by atoms with E-state index in [0.29, 0.717) is 5.52 Å². The number of aromatic nitrogens is 1. The van der Waals surface area contributed by atoms with Gasteiger partial charge < -0.3 is 10.1 Å². The molecule has 0 saturated carbocycles. The van der Waals surface area contributed by atoms with E-state index in [1.807, 2.05) is 64.3 Å². The lowest BCUT2D eigenvalue weighted by atomic mass is 9.98. The van der Waals surface area contributed by atoms with Crippen LogP contribution in [0.25, 0.3) is 22.2 Å². The monoisotopic (exact) mass is 412 g/mol. The van der Waals surface area contributed by atoms with Gasteiger partial charge in [0.1, 0.15) is 11.4 Å². The van der Waals surface area contributed by atoms with Crippen LogP contribution >= 0.6 is 11.8 Å². The van der Waals surface area contributed by atoms with Crippen molar-refractivity contribution in [2.75, 3.05) is 6.26 Å². The number of carbonyl (C=O) groups excluding carboxylic acids is 1. The topological polar surface area (TPSA) is 51.2 Å². The minimum absolute atomic E-state index is 0.332. The van der Waals surface area contributed by atoms with Gasteiger partial charge in [-0.3, -0.25) is 0 Å². The number of pyridine rings is 1. The van der Waals surface area contributed by atoms with Crippen molar-refractivity contribution < 1.29 is 13.9 Å². The number of amides is 1. The molecule has 3 aromatic rings. The second-order valence-electron chi connectivity index (χ2n) is 7.83. The second-order valence-corrected chi connectivity index (χ2v) is 8.68. The number of carbonyl (C=O) groups is 1. The average Bonchev–Trinajstić information content (AvgIpc) is 2.65.